The highest BCUT2D eigenvalue weighted by Gasteiger charge is 2.05. The quantitative estimate of drug-likeness (QED) is 0.708. The van der Waals surface area contributed by atoms with E-state index in [0.29, 0.717) is 11.1 Å². The Hall–Kier alpha value is -1.04. The minimum Gasteiger partial charge on any atom is -0.387 e. The topological polar surface area (TPSA) is 44.0 Å². The third kappa shape index (κ3) is 1.97. The first-order valence-electron chi connectivity index (χ1n) is 3.52. The number of alkyl halides is 1. The van der Waals surface area contributed by atoms with Crippen LogP contribution in [-0.2, 0) is 0 Å². The molecular formula is C9H8ClNO. The normalized spacial score (nSPS) is 12.1. The van der Waals surface area contributed by atoms with Gasteiger partial charge in [0.2, 0.25) is 0 Å². The Kier molecular flexibility index (Phi) is 3.09. The van der Waals surface area contributed by atoms with Crippen molar-refractivity contribution in [3.05, 3.63) is 35.4 Å². The van der Waals surface area contributed by atoms with Crippen LogP contribution in [0.3, 0.4) is 0 Å². The van der Waals surface area contributed by atoms with Gasteiger partial charge in [-0.05, 0) is 17.7 Å². The number of halogens is 1. The lowest BCUT2D eigenvalue weighted by atomic mass is 10.1. The van der Waals surface area contributed by atoms with Gasteiger partial charge < -0.3 is 5.11 Å². The predicted molar refractivity (Wildman–Crippen MR) is 46.8 cm³/mol. The maximum Gasteiger partial charge on any atom is 0.0991 e. The molecule has 0 spiro atoms. The molecular weight excluding hydrogens is 174 g/mol. The summed E-state index contributed by atoms with van der Waals surface area (Å²) in [5.74, 6) is 0.148. The molecule has 1 atom stereocenters. The minimum absolute atomic E-state index is 0.148. The van der Waals surface area contributed by atoms with E-state index >= 15 is 0 Å². The molecule has 1 N–H and O–H groups in total. The average molecular weight is 182 g/mol. The van der Waals surface area contributed by atoms with Gasteiger partial charge in [-0.2, -0.15) is 5.26 Å². The maximum absolute atomic E-state index is 9.31. The molecule has 0 fully saturated rings. The van der Waals surface area contributed by atoms with Crippen molar-refractivity contribution < 1.29 is 5.11 Å². The number of nitrogens with zero attached hydrogens (tertiary/aromatic N) is 1. The second kappa shape index (κ2) is 4.10. The van der Waals surface area contributed by atoms with Crippen LogP contribution in [0.15, 0.2) is 24.3 Å². The Bertz CT molecular complexity index is 306. The van der Waals surface area contributed by atoms with Gasteiger partial charge in [-0.1, -0.05) is 12.1 Å². The van der Waals surface area contributed by atoms with Crippen molar-refractivity contribution in [3.63, 3.8) is 0 Å². The Morgan fingerprint density at radius 2 is 2.33 bits per heavy atom. The predicted octanol–water partition coefficient (Wildman–Crippen LogP) is 1.83. The first-order valence-corrected chi connectivity index (χ1v) is 4.05. The zero-order chi connectivity index (χ0) is 8.97. The Morgan fingerprint density at radius 3 is 2.92 bits per heavy atom. The van der Waals surface area contributed by atoms with Gasteiger partial charge in [0.25, 0.3) is 0 Å². The van der Waals surface area contributed by atoms with Gasteiger partial charge in [0.15, 0.2) is 0 Å². The van der Waals surface area contributed by atoms with E-state index in [1.165, 1.54) is 0 Å². The number of benzene rings is 1. The first kappa shape index (κ1) is 9.05. The Balaban J connectivity index is 2.95. The lowest BCUT2D eigenvalue weighted by Crippen LogP contribution is -1.98. The summed E-state index contributed by atoms with van der Waals surface area (Å²) >= 11 is 5.45. The summed E-state index contributed by atoms with van der Waals surface area (Å²) in [5, 5.41) is 17.9. The molecule has 62 valence electrons. The molecule has 1 rings (SSSR count). The number of hydrogen-bond donors (Lipinski definition) is 1. The molecule has 0 bridgehead atoms. The molecule has 0 radical (unpaired) electrons. The second-order valence-electron chi connectivity index (χ2n) is 2.41. The van der Waals surface area contributed by atoms with Crippen LogP contribution in [-0.4, -0.2) is 11.0 Å². The molecule has 0 aromatic heterocycles. The van der Waals surface area contributed by atoms with Crippen molar-refractivity contribution in [2.45, 2.75) is 6.10 Å². The van der Waals surface area contributed by atoms with Crippen LogP contribution in [0.25, 0.3) is 0 Å². The van der Waals surface area contributed by atoms with Gasteiger partial charge >= 0.3 is 0 Å². The van der Waals surface area contributed by atoms with E-state index in [1.54, 1.807) is 24.3 Å². The van der Waals surface area contributed by atoms with E-state index in [1.807, 2.05) is 6.07 Å². The summed E-state index contributed by atoms with van der Waals surface area (Å²) in [6, 6.07) is 8.78. The zero-order valence-electron chi connectivity index (χ0n) is 6.37. The van der Waals surface area contributed by atoms with Gasteiger partial charge in [0.05, 0.1) is 23.6 Å². The monoisotopic (exact) mass is 181 g/mol. The molecule has 0 saturated carbocycles. The van der Waals surface area contributed by atoms with Crippen LogP contribution in [0.4, 0.5) is 0 Å². The van der Waals surface area contributed by atoms with Crippen molar-refractivity contribution in [2.75, 3.05) is 5.88 Å². The van der Waals surface area contributed by atoms with E-state index in [4.69, 9.17) is 16.9 Å². The SMILES string of the molecule is N#Cc1cccc(C(O)CCl)c1. The van der Waals surface area contributed by atoms with Crippen molar-refractivity contribution in [1.29, 1.82) is 5.26 Å². The number of aliphatic hydroxyl groups is 1. The summed E-state index contributed by atoms with van der Waals surface area (Å²) in [5.41, 5.74) is 1.22. The minimum atomic E-state index is -0.681. The smallest absolute Gasteiger partial charge is 0.0991 e. The molecule has 12 heavy (non-hydrogen) atoms. The fraction of sp³-hybridized carbons (Fsp3) is 0.222. The van der Waals surface area contributed by atoms with Crippen LogP contribution >= 0.6 is 11.6 Å². The van der Waals surface area contributed by atoms with Gasteiger partial charge in [0, 0.05) is 0 Å². The van der Waals surface area contributed by atoms with Crippen molar-refractivity contribution in [2.24, 2.45) is 0 Å². The van der Waals surface area contributed by atoms with Crippen LogP contribution in [0, 0.1) is 11.3 Å². The maximum atomic E-state index is 9.31. The summed E-state index contributed by atoms with van der Waals surface area (Å²) in [6.07, 6.45) is -0.681. The molecule has 0 saturated heterocycles. The highest BCUT2D eigenvalue weighted by atomic mass is 35.5. The van der Waals surface area contributed by atoms with E-state index in [2.05, 4.69) is 0 Å². The van der Waals surface area contributed by atoms with Gasteiger partial charge in [-0.3, -0.25) is 0 Å². The molecule has 1 aromatic carbocycles. The lowest BCUT2D eigenvalue weighted by Gasteiger charge is -2.05. The van der Waals surface area contributed by atoms with Crippen LogP contribution < -0.4 is 0 Å². The lowest BCUT2D eigenvalue weighted by molar-refractivity contribution is 0.202. The third-order valence-electron chi connectivity index (χ3n) is 1.55. The second-order valence-corrected chi connectivity index (χ2v) is 2.72. The average Bonchev–Trinajstić information content (AvgIpc) is 2.17. The van der Waals surface area contributed by atoms with Crippen LogP contribution in [0.1, 0.15) is 17.2 Å². The summed E-state index contributed by atoms with van der Waals surface area (Å²) in [6.45, 7) is 0. The molecule has 2 nitrogen and oxygen atoms in total. The number of hydrogen-bond acceptors (Lipinski definition) is 2. The number of aliphatic hydroxyl groups excluding tert-OH is 1. The molecule has 3 heteroatoms. The molecule has 0 aliphatic heterocycles. The Morgan fingerprint density at radius 1 is 1.58 bits per heavy atom. The van der Waals surface area contributed by atoms with E-state index in [9.17, 15) is 5.11 Å². The van der Waals surface area contributed by atoms with Crippen LogP contribution in [0.5, 0.6) is 0 Å². The fourth-order valence-corrected chi connectivity index (χ4v) is 1.08. The molecule has 0 amide bonds. The van der Waals surface area contributed by atoms with Crippen molar-refractivity contribution in [3.8, 4) is 6.07 Å². The van der Waals surface area contributed by atoms with Crippen molar-refractivity contribution >= 4 is 11.6 Å². The van der Waals surface area contributed by atoms with Crippen molar-refractivity contribution in [1.82, 2.24) is 0 Å². The van der Waals surface area contributed by atoms with E-state index in [0.717, 1.165) is 0 Å². The van der Waals surface area contributed by atoms with Crippen LogP contribution in [0.2, 0.25) is 0 Å². The fourth-order valence-electron chi connectivity index (χ4n) is 0.905. The molecule has 0 aliphatic carbocycles. The highest BCUT2D eigenvalue weighted by molar-refractivity contribution is 6.18. The number of nitriles is 1. The van der Waals surface area contributed by atoms with Gasteiger partial charge in [-0.15, -0.1) is 11.6 Å². The highest BCUT2D eigenvalue weighted by Crippen LogP contribution is 2.14. The molecule has 1 unspecified atom stereocenters. The molecule has 0 heterocycles. The third-order valence-corrected chi connectivity index (χ3v) is 1.84. The molecule has 1 aromatic rings. The van der Waals surface area contributed by atoms with Gasteiger partial charge in [-0.25, -0.2) is 0 Å². The Labute approximate surface area is 76.0 Å². The summed E-state index contributed by atoms with van der Waals surface area (Å²) in [7, 11) is 0. The largest absolute Gasteiger partial charge is 0.387 e. The summed E-state index contributed by atoms with van der Waals surface area (Å²) < 4.78 is 0. The van der Waals surface area contributed by atoms with E-state index < -0.39 is 6.10 Å². The van der Waals surface area contributed by atoms with E-state index in [-0.39, 0.29) is 5.88 Å². The van der Waals surface area contributed by atoms with Gasteiger partial charge in [0.1, 0.15) is 0 Å². The number of rotatable bonds is 2. The summed E-state index contributed by atoms with van der Waals surface area (Å²) in [4.78, 5) is 0. The molecule has 0 aliphatic rings. The zero-order valence-corrected chi connectivity index (χ0v) is 7.12. The first-order chi connectivity index (χ1) is 5.77. The standard InChI is InChI=1S/C9H8ClNO/c10-5-9(12)8-3-1-2-7(4-8)6-11/h1-4,9,12H,5H2.